The zero-order valence-corrected chi connectivity index (χ0v) is 15.8. The number of carbonyl (C=O) groups excluding carboxylic acids is 1. The van der Waals surface area contributed by atoms with Crippen molar-refractivity contribution < 1.29 is 9.53 Å². The van der Waals surface area contributed by atoms with Crippen molar-refractivity contribution in [3.05, 3.63) is 52.5 Å². The molecule has 4 rings (SSSR count). The van der Waals surface area contributed by atoms with Gasteiger partial charge in [0.15, 0.2) is 5.13 Å². The molecule has 1 aliphatic heterocycles. The number of hydrogen-bond donors (Lipinski definition) is 1. The minimum absolute atomic E-state index is 0.153. The van der Waals surface area contributed by atoms with Gasteiger partial charge >= 0.3 is 0 Å². The lowest BCUT2D eigenvalue weighted by atomic mass is 10.2. The third kappa shape index (κ3) is 3.68. The number of anilines is 2. The molecule has 5 nitrogen and oxygen atoms in total. The number of aromatic nitrogens is 1. The Morgan fingerprint density at radius 1 is 1.16 bits per heavy atom. The first-order chi connectivity index (χ1) is 12.2. The number of thiazole rings is 1. The molecule has 0 spiro atoms. The van der Waals surface area contributed by atoms with Crippen molar-refractivity contribution in [2.24, 2.45) is 0 Å². The summed E-state index contributed by atoms with van der Waals surface area (Å²) in [5, 5.41) is 3.50. The molecule has 1 aromatic heterocycles. The molecule has 0 aliphatic carbocycles. The van der Waals surface area contributed by atoms with Gasteiger partial charge in [-0.2, -0.15) is 0 Å². The zero-order chi connectivity index (χ0) is 17.2. The van der Waals surface area contributed by atoms with E-state index < -0.39 is 0 Å². The van der Waals surface area contributed by atoms with Crippen LogP contribution < -0.4 is 10.2 Å². The first-order valence-corrected chi connectivity index (χ1v) is 9.60. The largest absolute Gasteiger partial charge is 0.378 e. The first-order valence-electron chi connectivity index (χ1n) is 7.99. The summed E-state index contributed by atoms with van der Waals surface area (Å²) in [6, 6.07) is 13.5. The highest BCUT2D eigenvalue weighted by Gasteiger charge is 2.14. The van der Waals surface area contributed by atoms with Crippen molar-refractivity contribution in [3.63, 3.8) is 0 Å². The second-order valence-corrected chi connectivity index (χ2v) is 7.68. The summed E-state index contributed by atoms with van der Waals surface area (Å²) in [6.07, 6.45) is 0. The lowest BCUT2D eigenvalue weighted by Crippen LogP contribution is -2.36. The Bertz CT molecular complexity index is 904. The number of amides is 1. The van der Waals surface area contributed by atoms with Crippen molar-refractivity contribution in [1.82, 2.24) is 4.98 Å². The summed E-state index contributed by atoms with van der Waals surface area (Å²) in [5.74, 6) is -0.153. The lowest BCUT2D eigenvalue weighted by Gasteiger charge is -2.28. The van der Waals surface area contributed by atoms with Gasteiger partial charge in [-0.15, -0.1) is 0 Å². The van der Waals surface area contributed by atoms with Crippen LogP contribution in [0.25, 0.3) is 10.2 Å². The fourth-order valence-corrected chi connectivity index (χ4v) is 3.91. The van der Waals surface area contributed by atoms with Crippen LogP contribution >= 0.6 is 27.3 Å². The smallest absolute Gasteiger partial charge is 0.257 e. The Hall–Kier alpha value is -1.96. The van der Waals surface area contributed by atoms with Crippen molar-refractivity contribution in [3.8, 4) is 0 Å². The predicted molar refractivity (Wildman–Crippen MR) is 105 cm³/mol. The summed E-state index contributed by atoms with van der Waals surface area (Å²) in [5.41, 5.74) is 2.68. The summed E-state index contributed by atoms with van der Waals surface area (Å²) in [4.78, 5) is 19.2. The topological polar surface area (TPSA) is 54.5 Å². The van der Waals surface area contributed by atoms with Gasteiger partial charge in [0.25, 0.3) is 5.91 Å². The van der Waals surface area contributed by atoms with E-state index in [9.17, 15) is 4.79 Å². The van der Waals surface area contributed by atoms with E-state index in [0.29, 0.717) is 10.7 Å². The first kappa shape index (κ1) is 16.5. The fourth-order valence-electron chi connectivity index (χ4n) is 2.76. The second kappa shape index (κ2) is 7.11. The number of nitrogens with zero attached hydrogens (tertiary/aromatic N) is 2. The number of nitrogens with one attached hydrogen (secondary N) is 1. The third-order valence-electron chi connectivity index (χ3n) is 4.08. The fraction of sp³-hybridized carbons (Fsp3) is 0.222. The van der Waals surface area contributed by atoms with Gasteiger partial charge in [-0.3, -0.25) is 10.1 Å². The van der Waals surface area contributed by atoms with Gasteiger partial charge in [-0.1, -0.05) is 27.3 Å². The van der Waals surface area contributed by atoms with Gasteiger partial charge in [-0.05, 0) is 42.5 Å². The van der Waals surface area contributed by atoms with E-state index in [4.69, 9.17) is 4.74 Å². The van der Waals surface area contributed by atoms with Gasteiger partial charge in [0.1, 0.15) is 0 Å². The van der Waals surface area contributed by atoms with Gasteiger partial charge in [-0.25, -0.2) is 4.98 Å². The molecule has 3 aromatic rings. The molecule has 0 atom stereocenters. The SMILES string of the molecule is O=C(Nc1nc2ccc(N3CCOCC3)cc2s1)c1ccc(Br)cc1. The molecule has 0 bridgehead atoms. The average Bonchev–Trinajstić information content (AvgIpc) is 3.04. The molecule has 1 saturated heterocycles. The Kier molecular flexibility index (Phi) is 4.70. The Balaban J connectivity index is 1.54. The van der Waals surface area contributed by atoms with E-state index in [2.05, 4.69) is 43.3 Å². The molecule has 1 amide bonds. The van der Waals surface area contributed by atoms with E-state index in [1.807, 2.05) is 18.2 Å². The maximum atomic E-state index is 12.3. The van der Waals surface area contributed by atoms with Crippen LogP contribution in [0.1, 0.15) is 10.4 Å². The predicted octanol–water partition coefficient (Wildman–Crippen LogP) is 4.15. The summed E-state index contributed by atoms with van der Waals surface area (Å²) in [7, 11) is 0. The van der Waals surface area contributed by atoms with Crippen LogP contribution in [0, 0.1) is 0 Å². The molecule has 0 radical (unpaired) electrons. The normalized spacial score (nSPS) is 14.7. The molecule has 7 heteroatoms. The van der Waals surface area contributed by atoms with Gasteiger partial charge in [0, 0.05) is 28.8 Å². The third-order valence-corrected chi connectivity index (χ3v) is 5.54. The second-order valence-electron chi connectivity index (χ2n) is 5.73. The minimum Gasteiger partial charge on any atom is -0.378 e. The van der Waals surface area contributed by atoms with Crippen molar-refractivity contribution in [2.45, 2.75) is 0 Å². The maximum Gasteiger partial charge on any atom is 0.257 e. The Labute approximate surface area is 157 Å². The van der Waals surface area contributed by atoms with Crippen molar-refractivity contribution in [1.29, 1.82) is 0 Å². The van der Waals surface area contributed by atoms with Crippen LogP contribution in [0.15, 0.2) is 46.9 Å². The summed E-state index contributed by atoms with van der Waals surface area (Å²) >= 11 is 4.86. The van der Waals surface area contributed by atoms with E-state index in [1.165, 1.54) is 17.0 Å². The number of fused-ring (bicyclic) bond motifs is 1. The highest BCUT2D eigenvalue weighted by molar-refractivity contribution is 9.10. The number of hydrogen-bond acceptors (Lipinski definition) is 5. The highest BCUT2D eigenvalue weighted by Crippen LogP contribution is 2.30. The molecular weight excluding hydrogens is 402 g/mol. The van der Waals surface area contributed by atoms with Crippen LogP contribution in [0.5, 0.6) is 0 Å². The molecule has 25 heavy (non-hydrogen) atoms. The van der Waals surface area contributed by atoms with Crippen molar-refractivity contribution in [2.75, 3.05) is 36.5 Å². The summed E-state index contributed by atoms with van der Waals surface area (Å²) < 4.78 is 7.41. The molecule has 2 heterocycles. The average molecular weight is 418 g/mol. The van der Waals surface area contributed by atoms with E-state index in [-0.39, 0.29) is 5.91 Å². The Morgan fingerprint density at radius 2 is 1.92 bits per heavy atom. The molecule has 2 aromatic carbocycles. The van der Waals surface area contributed by atoms with Crippen LogP contribution in [0.3, 0.4) is 0 Å². The number of benzene rings is 2. The molecule has 128 valence electrons. The quantitative estimate of drug-likeness (QED) is 0.695. The maximum absolute atomic E-state index is 12.3. The van der Waals surface area contributed by atoms with Crippen LogP contribution in [0.2, 0.25) is 0 Å². The molecular formula is C18H16BrN3O2S. The zero-order valence-electron chi connectivity index (χ0n) is 13.4. The van der Waals surface area contributed by atoms with Crippen LogP contribution in [-0.2, 0) is 4.74 Å². The number of ether oxygens (including phenoxy) is 1. The van der Waals surface area contributed by atoms with Crippen molar-refractivity contribution >= 4 is 54.2 Å². The number of morpholine rings is 1. The monoisotopic (exact) mass is 417 g/mol. The van der Waals surface area contributed by atoms with Gasteiger partial charge in [0.05, 0.1) is 23.4 Å². The molecule has 0 saturated carbocycles. The number of carbonyl (C=O) groups is 1. The summed E-state index contributed by atoms with van der Waals surface area (Å²) in [6.45, 7) is 3.32. The number of rotatable bonds is 3. The van der Waals surface area contributed by atoms with Crippen LogP contribution in [0.4, 0.5) is 10.8 Å². The molecule has 1 fully saturated rings. The van der Waals surface area contributed by atoms with Gasteiger partial charge < -0.3 is 9.64 Å². The van der Waals surface area contributed by atoms with Gasteiger partial charge in [0.2, 0.25) is 0 Å². The van der Waals surface area contributed by atoms with E-state index in [1.54, 1.807) is 12.1 Å². The molecule has 1 N–H and O–H groups in total. The number of halogens is 1. The molecule has 0 unspecified atom stereocenters. The van der Waals surface area contributed by atoms with E-state index in [0.717, 1.165) is 41.0 Å². The lowest BCUT2D eigenvalue weighted by molar-refractivity contribution is 0.102. The Morgan fingerprint density at radius 3 is 2.68 bits per heavy atom. The van der Waals surface area contributed by atoms with E-state index >= 15 is 0 Å². The minimum atomic E-state index is -0.153. The highest BCUT2D eigenvalue weighted by atomic mass is 79.9. The van der Waals surface area contributed by atoms with Crippen LogP contribution in [-0.4, -0.2) is 37.2 Å². The standard InChI is InChI=1S/C18H16BrN3O2S/c19-13-3-1-12(2-4-13)17(23)21-18-20-15-6-5-14(11-16(15)25-18)22-7-9-24-10-8-22/h1-6,11H,7-10H2,(H,20,21,23). The molecule has 1 aliphatic rings.